The summed E-state index contributed by atoms with van der Waals surface area (Å²) >= 11 is 3.39. The lowest BCUT2D eigenvalue weighted by atomic mass is 10.2. The molecule has 2 N–H and O–H groups in total. The van der Waals surface area contributed by atoms with Crippen molar-refractivity contribution in [2.24, 2.45) is 7.05 Å². The van der Waals surface area contributed by atoms with Crippen molar-refractivity contribution in [1.82, 2.24) is 24.9 Å². The lowest BCUT2D eigenvalue weighted by Gasteiger charge is -2.06. The zero-order valence-corrected chi connectivity index (χ0v) is 13.8. The summed E-state index contributed by atoms with van der Waals surface area (Å²) in [6.07, 6.45) is 3.72. The summed E-state index contributed by atoms with van der Waals surface area (Å²) in [5.74, 6) is -1.62. The van der Waals surface area contributed by atoms with E-state index in [0.717, 1.165) is 10.2 Å². The van der Waals surface area contributed by atoms with E-state index >= 15 is 0 Å². The molecule has 0 aliphatic rings. The van der Waals surface area contributed by atoms with Crippen molar-refractivity contribution < 1.29 is 14.7 Å². The number of carboxylic acids is 1. The van der Waals surface area contributed by atoms with E-state index in [9.17, 15) is 9.59 Å². The van der Waals surface area contributed by atoms with Crippen LogP contribution < -0.4 is 5.32 Å². The van der Waals surface area contributed by atoms with Crippen molar-refractivity contribution in [3.8, 4) is 0 Å². The van der Waals surface area contributed by atoms with Crippen LogP contribution >= 0.6 is 15.9 Å². The molecule has 0 radical (unpaired) electrons. The Morgan fingerprint density at radius 1 is 1.45 bits per heavy atom. The average molecular weight is 370 g/mol. The SMILES string of the molecule is Cc1nn(CCCNC(=O)c2c(C(=O)O)cnn2C)cc1Br. The zero-order valence-electron chi connectivity index (χ0n) is 12.2. The van der Waals surface area contributed by atoms with E-state index in [1.165, 1.54) is 17.9 Å². The molecule has 2 heterocycles. The Hall–Kier alpha value is -2.16. The molecule has 22 heavy (non-hydrogen) atoms. The molecule has 0 spiro atoms. The molecule has 118 valence electrons. The Balaban J connectivity index is 1.88. The summed E-state index contributed by atoms with van der Waals surface area (Å²) in [6, 6.07) is 0. The minimum atomic E-state index is -1.17. The largest absolute Gasteiger partial charge is 0.478 e. The Kier molecular flexibility index (Phi) is 4.96. The molecule has 0 aliphatic heterocycles. The van der Waals surface area contributed by atoms with Crippen molar-refractivity contribution in [1.29, 1.82) is 0 Å². The summed E-state index contributed by atoms with van der Waals surface area (Å²) in [7, 11) is 1.53. The standard InChI is InChI=1S/C13H16BrN5O3/c1-8-10(14)7-19(17-8)5-3-4-15-12(20)11-9(13(21)22)6-16-18(11)2/h6-7H,3-5H2,1-2H3,(H,15,20)(H,21,22). The maximum atomic E-state index is 12.1. The normalized spacial score (nSPS) is 10.7. The van der Waals surface area contributed by atoms with Gasteiger partial charge in [0.05, 0.1) is 16.4 Å². The number of nitrogens with one attached hydrogen (secondary N) is 1. The van der Waals surface area contributed by atoms with Crippen LogP contribution in [0.1, 0.15) is 33.0 Å². The number of rotatable bonds is 6. The fraction of sp³-hybridized carbons (Fsp3) is 0.385. The van der Waals surface area contributed by atoms with Crippen LogP contribution in [0.3, 0.4) is 0 Å². The van der Waals surface area contributed by atoms with Crippen LogP contribution in [-0.2, 0) is 13.6 Å². The first-order valence-electron chi connectivity index (χ1n) is 6.63. The highest BCUT2D eigenvalue weighted by molar-refractivity contribution is 9.10. The summed E-state index contributed by atoms with van der Waals surface area (Å²) < 4.78 is 3.99. The molecule has 2 aromatic heterocycles. The highest BCUT2D eigenvalue weighted by Gasteiger charge is 2.21. The predicted octanol–water partition coefficient (Wildman–Crippen LogP) is 1.21. The Morgan fingerprint density at radius 3 is 2.77 bits per heavy atom. The Labute approximate surface area is 135 Å². The van der Waals surface area contributed by atoms with E-state index in [-0.39, 0.29) is 11.3 Å². The van der Waals surface area contributed by atoms with Crippen LogP contribution in [0.2, 0.25) is 0 Å². The van der Waals surface area contributed by atoms with E-state index in [2.05, 4.69) is 31.4 Å². The van der Waals surface area contributed by atoms with Crippen LogP contribution in [0.15, 0.2) is 16.9 Å². The number of carbonyl (C=O) groups is 2. The van der Waals surface area contributed by atoms with Crippen LogP contribution in [0.5, 0.6) is 0 Å². The highest BCUT2D eigenvalue weighted by Crippen LogP contribution is 2.13. The topological polar surface area (TPSA) is 102 Å². The molecule has 2 rings (SSSR count). The Morgan fingerprint density at radius 2 is 2.18 bits per heavy atom. The molecule has 0 bridgehead atoms. The number of amides is 1. The second-order valence-electron chi connectivity index (χ2n) is 4.77. The van der Waals surface area contributed by atoms with Crippen LogP contribution in [0.25, 0.3) is 0 Å². The quantitative estimate of drug-likeness (QED) is 0.745. The number of carbonyl (C=O) groups excluding carboxylic acids is 1. The summed E-state index contributed by atoms with van der Waals surface area (Å²) in [6.45, 7) is 2.97. The smallest absolute Gasteiger partial charge is 0.339 e. The van der Waals surface area contributed by atoms with E-state index in [0.29, 0.717) is 19.5 Å². The minimum Gasteiger partial charge on any atom is -0.478 e. The average Bonchev–Trinajstić information content (AvgIpc) is 2.98. The third kappa shape index (κ3) is 3.53. The Bertz CT molecular complexity index is 687. The monoisotopic (exact) mass is 369 g/mol. The fourth-order valence-corrected chi connectivity index (χ4v) is 2.31. The molecule has 0 unspecified atom stereocenters. The minimum absolute atomic E-state index is 0.0465. The van der Waals surface area contributed by atoms with Gasteiger partial charge < -0.3 is 10.4 Å². The van der Waals surface area contributed by atoms with Crippen molar-refractivity contribution in [2.45, 2.75) is 19.9 Å². The number of carboxylic acid groups (broad SMARTS) is 1. The van der Waals surface area contributed by atoms with E-state index in [1.54, 1.807) is 4.68 Å². The summed E-state index contributed by atoms with van der Waals surface area (Å²) in [5, 5.41) is 19.8. The second-order valence-corrected chi connectivity index (χ2v) is 5.62. The van der Waals surface area contributed by atoms with Gasteiger partial charge in [0.1, 0.15) is 11.3 Å². The number of nitrogens with zero attached hydrogens (tertiary/aromatic N) is 4. The van der Waals surface area contributed by atoms with Gasteiger partial charge in [-0.1, -0.05) is 0 Å². The molecule has 0 aliphatic carbocycles. The van der Waals surface area contributed by atoms with Gasteiger partial charge in [0, 0.05) is 26.3 Å². The van der Waals surface area contributed by atoms with Gasteiger partial charge in [-0.3, -0.25) is 14.2 Å². The predicted molar refractivity (Wildman–Crippen MR) is 81.8 cm³/mol. The number of hydrogen-bond acceptors (Lipinski definition) is 4. The van der Waals surface area contributed by atoms with Crippen molar-refractivity contribution in [3.63, 3.8) is 0 Å². The molecular weight excluding hydrogens is 354 g/mol. The maximum Gasteiger partial charge on any atom is 0.339 e. The fourth-order valence-electron chi connectivity index (χ4n) is 2.00. The summed E-state index contributed by atoms with van der Waals surface area (Å²) in [4.78, 5) is 23.1. The van der Waals surface area contributed by atoms with Crippen molar-refractivity contribution in [2.75, 3.05) is 6.54 Å². The first kappa shape index (κ1) is 16.2. The van der Waals surface area contributed by atoms with Gasteiger partial charge in [-0.05, 0) is 29.3 Å². The molecule has 0 fully saturated rings. The van der Waals surface area contributed by atoms with Crippen molar-refractivity contribution in [3.05, 3.63) is 33.8 Å². The van der Waals surface area contributed by atoms with Crippen LogP contribution in [0, 0.1) is 6.92 Å². The molecule has 1 amide bonds. The third-order valence-electron chi connectivity index (χ3n) is 3.12. The second kappa shape index (κ2) is 6.73. The molecule has 8 nitrogen and oxygen atoms in total. The third-order valence-corrected chi connectivity index (χ3v) is 3.90. The molecular formula is C13H16BrN5O3. The highest BCUT2D eigenvalue weighted by atomic mass is 79.9. The van der Waals surface area contributed by atoms with Gasteiger partial charge in [-0.15, -0.1) is 0 Å². The van der Waals surface area contributed by atoms with Gasteiger partial charge >= 0.3 is 5.97 Å². The van der Waals surface area contributed by atoms with Crippen molar-refractivity contribution >= 4 is 27.8 Å². The lowest BCUT2D eigenvalue weighted by molar-refractivity contribution is 0.0690. The number of aromatic carboxylic acids is 1. The number of halogens is 1. The van der Waals surface area contributed by atoms with Crippen LogP contribution in [-0.4, -0.2) is 43.1 Å². The zero-order chi connectivity index (χ0) is 16.3. The van der Waals surface area contributed by atoms with E-state index < -0.39 is 11.9 Å². The van der Waals surface area contributed by atoms with Gasteiger partial charge in [0.25, 0.3) is 5.91 Å². The molecule has 9 heteroatoms. The van der Waals surface area contributed by atoms with Gasteiger partial charge in [-0.2, -0.15) is 10.2 Å². The van der Waals surface area contributed by atoms with Gasteiger partial charge in [0.15, 0.2) is 0 Å². The first-order chi connectivity index (χ1) is 10.4. The number of hydrogen-bond donors (Lipinski definition) is 2. The molecule has 0 atom stereocenters. The van der Waals surface area contributed by atoms with Gasteiger partial charge in [0.2, 0.25) is 0 Å². The van der Waals surface area contributed by atoms with Gasteiger partial charge in [-0.25, -0.2) is 4.79 Å². The maximum absolute atomic E-state index is 12.1. The number of aromatic nitrogens is 4. The van der Waals surface area contributed by atoms with E-state index in [1.807, 2.05) is 13.1 Å². The molecule has 0 saturated carbocycles. The molecule has 0 aromatic carbocycles. The number of aryl methyl sites for hydroxylation is 3. The lowest BCUT2D eigenvalue weighted by Crippen LogP contribution is -2.28. The van der Waals surface area contributed by atoms with E-state index in [4.69, 9.17) is 5.11 Å². The first-order valence-corrected chi connectivity index (χ1v) is 7.42. The molecule has 2 aromatic rings. The summed E-state index contributed by atoms with van der Waals surface area (Å²) in [5.41, 5.74) is 0.849. The van der Waals surface area contributed by atoms with Crippen LogP contribution in [0.4, 0.5) is 0 Å². The molecule has 0 saturated heterocycles.